The van der Waals surface area contributed by atoms with Gasteiger partial charge in [0.05, 0.1) is 0 Å². The van der Waals surface area contributed by atoms with Crippen molar-refractivity contribution in [3.05, 3.63) is 23.7 Å². The molecule has 0 radical (unpaired) electrons. The van der Waals surface area contributed by atoms with Crippen molar-refractivity contribution < 1.29 is 36.0 Å². The van der Waals surface area contributed by atoms with Crippen LogP contribution in [0, 0.1) is 0 Å². The number of hydrogen-bond donors (Lipinski definition) is 0. The van der Waals surface area contributed by atoms with Crippen LogP contribution < -0.4 is 0 Å². The molecule has 140 valence electrons. The molecule has 0 unspecified atom stereocenters. The SMILES string of the molecule is CCO[Si](CCCC=C(C)C(=O)OC(F)=C(F)F)(OCC)OCC. The number of rotatable bonds is 12. The highest BCUT2D eigenvalue weighted by atomic mass is 28.4. The zero-order valence-electron chi connectivity index (χ0n) is 14.5. The Hall–Kier alpha value is -1.16. The topological polar surface area (TPSA) is 54.0 Å². The minimum absolute atomic E-state index is 0.0443. The first-order chi connectivity index (χ1) is 11.3. The Labute approximate surface area is 141 Å². The van der Waals surface area contributed by atoms with Crippen LogP contribution in [0.1, 0.15) is 40.5 Å². The van der Waals surface area contributed by atoms with E-state index in [-0.39, 0.29) is 5.57 Å². The van der Waals surface area contributed by atoms with Crippen molar-refractivity contribution in [3.63, 3.8) is 0 Å². The van der Waals surface area contributed by atoms with Gasteiger partial charge in [-0.3, -0.25) is 0 Å². The lowest BCUT2D eigenvalue weighted by Gasteiger charge is -2.28. The highest BCUT2D eigenvalue weighted by Crippen LogP contribution is 2.20. The molecule has 9 heteroatoms. The molecule has 0 saturated carbocycles. The van der Waals surface area contributed by atoms with Crippen LogP contribution in [0.2, 0.25) is 6.04 Å². The fourth-order valence-corrected chi connectivity index (χ4v) is 4.56. The van der Waals surface area contributed by atoms with Crippen LogP contribution >= 0.6 is 0 Å². The minimum Gasteiger partial charge on any atom is -0.391 e. The predicted molar refractivity (Wildman–Crippen MR) is 84.9 cm³/mol. The molecule has 0 heterocycles. The number of esters is 1. The van der Waals surface area contributed by atoms with Crippen molar-refractivity contribution in [3.8, 4) is 0 Å². The molecule has 5 nitrogen and oxygen atoms in total. The van der Waals surface area contributed by atoms with E-state index in [1.165, 1.54) is 13.0 Å². The van der Waals surface area contributed by atoms with Crippen LogP contribution in [-0.4, -0.2) is 34.6 Å². The number of unbranched alkanes of at least 4 members (excludes halogenated alkanes) is 1. The molecule has 24 heavy (non-hydrogen) atoms. The normalized spacial score (nSPS) is 12.2. The van der Waals surface area contributed by atoms with E-state index in [0.717, 1.165) is 0 Å². The Morgan fingerprint density at radius 1 is 1.00 bits per heavy atom. The van der Waals surface area contributed by atoms with E-state index in [0.29, 0.717) is 38.7 Å². The fourth-order valence-electron chi connectivity index (χ4n) is 1.92. The molecule has 0 aromatic rings. The monoisotopic (exact) mass is 370 g/mol. The number of halogens is 3. The third-order valence-electron chi connectivity index (χ3n) is 2.88. The zero-order chi connectivity index (χ0) is 18.6. The summed E-state index contributed by atoms with van der Waals surface area (Å²) in [5, 5.41) is 0. The number of hydrogen-bond acceptors (Lipinski definition) is 5. The molecule has 0 bridgehead atoms. The van der Waals surface area contributed by atoms with Crippen LogP contribution in [0.15, 0.2) is 23.7 Å². The lowest BCUT2D eigenvalue weighted by molar-refractivity contribution is -0.137. The predicted octanol–water partition coefficient (Wildman–Crippen LogP) is 4.34. The lowest BCUT2D eigenvalue weighted by atomic mass is 10.2. The second-order valence-electron chi connectivity index (χ2n) is 4.69. The Bertz CT molecular complexity index is 433. The number of allylic oxidation sites excluding steroid dienone is 1. The molecule has 0 aliphatic heterocycles. The van der Waals surface area contributed by atoms with E-state index < -0.39 is 26.9 Å². The molecule has 0 saturated heterocycles. The van der Waals surface area contributed by atoms with Gasteiger partial charge in [-0.2, -0.15) is 13.2 Å². The molecule has 0 amide bonds. The summed E-state index contributed by atoms with van der Waals surface area (Å²) in [6, 6.07) is -1.63. The van der Waals surface area contributed by atoms with Crippen LogP contribution in [0.5, 0.6) is 0 Å². The minimum atomic E-state index is -2.75. The molecule has 0 N–H and O–H groups in total. The molecule has 0 aromatic heterocycles. The van der Waals surface area contributed by atoms with Crippen molar-refractivity contribution in [2.24, 2.45) is 0 Å². The lowest BCUT2D eigenvalue weighted by Crippen LogP contribution is -2.45. The van der Waals surface area contributed by atoms with Crippen molar-refractivity contribution in [1.82, 2.24) is 0 Å². The summed E-state index contributed by atoms with van der Waals surface area (Å²) < 4.78 is 57.2. The van der Waals surface area contributed by atoms with E-state index in [1.807, 2.05) is 20.8 Å². The van der Waals surface area contributed by atoms with Gasteiger partial charge >= 0.3 is 26.9 Å². The smallest absolute Gasteiger partial charge is 0.391 e. The molecule has 0 aliphatic rings. The van der Waals surface area contributed by atoms with Crippen LogP contribution in [0.3, 0.4) is 0 Å². The van der Waals surface area contributed by atoms with E-state index in [2.05, 4.69) is 4.74 Å². The molecular formula is C15H25F3O5Si. The maximum Gasteiger partial charge on any atom is 0.500 e. The maximum atomic E-state index is 12.6. The first-order valence-corrected chi connectivity index (χ1v) is 9.76. The quantitative estimate of drug-likeness (QED) is 0.168. The van der Waals surface area contributed by atoms with Crippen LogP contribution in [-0.2, 0) is 22.8 Å². The van der Waals surface area contributed by atoms with Gasteiger partial charge in [0.15, 0.2) is 0 Å². The number of carbonyl (C=O) groups excluding carboxylic acids is 1. The average Bonchev–Trinajstić information content (AvgIpc) is 2.51. The van der Waals surface area contributed by atoms with Gasteiger partial charge in [0.25, 0.3) is 0 Å². The van der Waals surface area contributed by atoms with Gasteiger partial charge in [0.2, 0.25) is 0 Å². The average molecular weight is 370 g/mol. The fraction of sp³-hybridized carbons (Fsp3) is 0.667. The van der Waals surface area contributed by atoms with Crippen molar-refractivity contribution >= 4 is 14.8 Å². The molecular weight excluding hydrogens is 345 g/mol. The van der Waals surface area contributed by atoms with Crippen LogP contribution in [0.25, 0.3) is 0 Å². The molecule has 0 spiro atoms. The molecule has 0 aliphatic carbocycles. The summed E-state index contributed by atoms with van der Waals surface area (Å²) in [5.74, 6) is -1.15. The van der Waals surface area contributed by atoms with Gasteiger partial charge in [0, 0.05) is 31.4 Å². The van der Waals surface area contributed by atoms with Gasteiger partial charge in [-0.1, -0.05) is 6.08 Å². The van der Waals surface area contributed by atoms with Crippen molar-refractivity contribution in [2.45, 2.75) is 46.6 Å². The summed E-state index contributed by atoms with van der Waals surface area (Å²) >= 11 is 0. The van der Waals surface area contributed by atoms with E-state index in [4.69, 9.17) is 13.3 Å². The standard InChI is InChI=1S/C15H25F3O5Si/c1-5-20-24(21-6-2,22-7-3)11-9-8-10-12(4)15(19)23-14(18)13(16)17/h10H,5-9,11H2,1-4H3. The van der Waals surface area contributed by atoms with Gasteiger partial charge in [-0.25, -0.2) is 4.79 Å². The van der Waals surface area contributed by atoms with Gasteiger partial charge in [-0.05, 0) is 40.5 Å². The number of ether oxygens (including phenoxy) is 1. The Morgan fingerprint density at radius 2 is 1.50 bits per heavy atom. The summed E-state index contributed by atoms with van der Waals surface area (Å²) in [4.78, 5) is 11.4. The second-order valence-corrected chi connectivity index (χ2v) is 7.42. The van der Waals surface area contributed by atoms with Crippen LogP contribution in [0.4, 0.5) is 13.2 Å². The highest BCUT2D eigenvalue weighted by Gasteiger charge is 2.39. The summed E-state index contributed by atoms with van der Waals surface area (Å²) in [7, 11) is -2.75. The number of carbonyl (C=O) groups is 1. The van der Waals surface area contributed by atoms with Crippen molar-refractivity contribution in [2.75, 3.05) is 19.8 Å². The van der Waals surface area contributed by atoms with E-state index in [1.54, 1.807) is 0 Å². The Morgan fingerprint density at radius 3 is 1.92 bits per heavy atom. The maximum absolute atomic E-state index is 12.6. The molecule has 0 atom stereocenters. The highest BCUT2D eigenvalue weighted by molar-refractivity contribution is 6.60. The second kappa shape index (κ2) is 12.2. The van der Waals surface area contributed by atoms with E-state index in [9.17, 15) is 18.0 Å². The van der Waals surface area contributed by atoms with Gasteiger partial charge in [-0.15, -0.1) is 0 Å². The summed E-state index contributed by atoms with van der Waals surface area (Å²) in [6.07, 6.45) is -0.120. The summed E-state index contributed by atoms with van der Waals surface area (Å²) in [6.45, 7) is 8.32. The van der Waals surface area contributed by atoms with Crippen molar-refractivity contribution in [1.29, 1.82) is 0 Å². The van der Waals surface area contributed by atoms with Gasteiger partial charge in [0.1, 0.15) is 0 Å². The molecule has 0 rings (SSSR count). The first-order valence-electron chi connectivity index (χ1n) is 7.83. The molecule has 0 aromatic carbocycles. The first kappa shape index (κ1) is 22.8. The molecule has 0 fully saturated rings. The summed E-state index contributed by atoms with van der Waals surface area (Å²) in [5.41, 5.74) is 0.0443. The largest absolute Gasteiger partial charge is 0.500 e. The zero-order valence-corrected chi connectivity index (χ0v) is 15.5. The van der Waals surface area contributed by atoms with E-state index >= 15 is 0 Å². The Balaban J connectivity index is 4.59. The third kappa shape index (κ3) is 8.62. The van der Waals surface area contributed by atoms with Gasteiger partial charge < -0.3 is 18.0 Å². The Kier molecular flexibility index (Phi) is 11.6. The third-order valence-corrected chi connectivity index (χ3v) is 6.03.